The van der Waals surface area contributed by atoms with Crippen LogP contribution in [-0.2, 0) is 0 Å². The summed E-state index contributed by atoms with van der Waals surface area (Å²) in [5, 5.41) is 2.98. The van der Waals surface area contributed by atoms with Crippen molar-refractivity contribution in [1.82, 2.24) is 10.2 Å². The quantitative estimate of drug-likeness (QED) is 0.735. The number of hydrogen-bond donors (Lipinski definition) is 1. The van der Waals surface area contributed by atoms with Gasteiger partial charge >= 0.3 is 0 Å². The zero-order valence-electron chi connectivity index (χ0n) is 17.3. The molecule has 29 heavy (non-hydrogen) atoms. The molecule has 7 heteroatoms. The molecule has 1 amide bonds. The second-order valence-electron chi connectivity index (χ2n) is 6.82. The van der Waals surface area contributed by atoms with E-state index in [4.69, 9.17) is 14.2 Å². The van der Waals surface area contributed by atoms with Crippen molar-refractivity contribution in [3.05, 3.63) is 48.0 Å². The second-order valence-corrected chi connectivity index (χ2v) is 6.82. The maximum Gasteiger partial charge on any atom is 0.255 e. The van der Waals surface area contributed by atoms with Gasteiger partial charge in [-0.1, -0.05) is 12.1 Å². The first kappa shape index (κ1) is 20.8. The number of amides is 1. The lowest BCUT2D eigenvalue weighted by molar-refractivity contribution is 0.0944. The van der Waals surface area contributed by atoms with Crippen molar-refractivity contribution in [1.29, 1.82) is 0 Å². The van der Waals surface area contributed by atoms with Gasteiger partial charge in [-0.05, 0) is 30.3 Å². The van der Waals surface area contributed by atoms with Gasteiger partial charge in [0.25, 0.3) is 5.91 Å². The highest BCUT2D eigenvalue weighted by Gasteiger charge is 2.20. The lowest BCUT2D eigenvalue weighted by Gasteiger charge is -2.36. The van der Waals surface area contributed by atoms with Crippen molar-refractivity contribution < 1.29 is 19.0 Å². The van der Waals surface area contributed by atoms with Crippen LogP contribution in [-0.4, -0.2) is 71.4 Å². The number of ether oxygens (including phenoxy) is 3. The summed E-state index contributed by atoms with van der Waals surface area (Å²) in [7, 11) is 4.84. The Balaban J connectivity index is 1.48. The zero-order valence-corrected chi connectivity index (χ0v) is 17.3. The van der Waals surface area contributed by atoms with E-state index in [2.05, 4.69) is 21.2 Å². The van der Waals surface area contributed by atoms with E-state index in [1.54, 1.807) is 39.5 Å². The van der Waals surface area contributed by atoms with Gasteiger partial charge in [0, 0.05) is 39.3 Å². The number of nitrogens with zero attached hydrogens (tertiary/aromatic N) is 2. The number of piperazine rings is 1. The van der Waals surface area contributed by atoms with E-state index in [-0.39, 0.29) is 5.91 Å². The van der Waals surface area contributed by atoms with Crippen LogP contribution >= 0.6 is 0 Å². The molecular formula is C22H29N3O4. The first-order valence-corrected chi connectivity index (χ1v) is 9.76. The van der Waals surface area contributed by atoms with Crippen molar-refractivity contribution in [2.24, 2.45) is 0 Å². The van der Waals surface area contributed by atoms with Gasteiger partial charge in [0.15, 0.2) is 0 Å². The van der Waals surface area contributed by atoms with Gasteiger partial charge < -0.3 is 24.4 Å². The third-order valence-corrected chi connectivity index (χ3v) is 5.16. The van der Waals surface area contributed by atoms with E-state index < -0.39 is 0 Å². The largest absolute Gasteiger partial charge is 0.497 e. The van der Waals surface area contributed by atoms with Crippen LogP contribution in [0.15, 0.2) is 42.5 Å². The maximum absolute atomic E-state index is 12.6. The van der Waals surface area contributed by atoms with E-state index >= 15 is 0 Å². The number of para-hydroxylation sites is 2. The Labute approximate surface area is 172 Å². The van der Waals surface area contributed by atoms with Gasteiger partial charge in [-0.2, -0.15) is 0 Å². The van der Waals surface area contributed by atoms with Gasteiger partial charge in [-0.3, -0.25) is 9.69 Å². The lowest BCUT2D eigenvalue weighted by Crippen LogP contribution is -2.48. The molecule has 0 spiro atoms. The minimum Gasteiger partial charge on any atom is -0.497 e. The Morgan fingerprint density at radius 3 is 2.34 bits per heavy atom. The van der Waals surface area contributed by atoms with Crippen molar-refractivity contribution >= 4 is 11.6 Å². The topological polar surface area (TPSA) is 63.3 Å². The first-order valence-electron chi connectivity index (χ1n) is 9.76. The van der Waals surface area contributed by atoms with E-state index in [0.717, 1.165) is 44.2 Å². The molecule has 1 aliphatic rings. The molecule has 7 nitrogen and oxygen atoms in total. The predicted molar refractivity (Wildman–Crippen MR) is 114 cm³/mol. The molecule has 0 bridgehead atoms. The van der Waals surface area contributed by atoms with Crippen molar-refractivity contribution in [3.63, 3.8) is 0 Å². The van der Waals surface area contributed by atoms with Crippen molar-refractivity contribution in [2.75, 3.05) is 65.5 Å². The molecule has 0 aromatic heterocycles. The van der Waals surface area contributed by atoms with Crippen LogP contribution in [0.25, 0.3) is 0 Å². The predicted octanol–water partition coefficient (Wildman–Crippen LogP) is 2.26. The minimum atomic E-state index is -0.159. The van der Waals surface area contributed by atoms with Crippen LogP contribution in [0.4, 0.5) is 5.69 Å². The average molecular weight is 399 g/mol. The van der Waals surface area contributed by atoms with Crippen LogP contribution in [0, 0.1) is 0 Å². The average Bonchev–Trinajstić information content (AvgIpc) is 2.79. The third-order valence-electron chi connectivity index (χ3n) is 5.16. The first-order chi connectivity index (χ1) is 14.2. The monoisotopic (exact) mass is 399 g/mol. The van der Waals surface area contributed by atoms with Gasteiger partial charge in [-0.25, -0.2) is 0 Å². The summed E-state index contributed by atoms with van der Waals surface area (Å²) in [4.78, 5) is 17.3. The SMILES string of the molecule is COc1ccc(OC)c(C(=O)NCCN2CCN(c3ccccc3OC)CC2)c1. The highest BCUT2D eigenvalue weighted by molar-refractivity contribution is 5.97. The van der Waals surface area contributed by atoms with Gasteiger partial charge in [0.2, 0.25) is 0 Å². The molecule has 2 aromatic carbocycles. The summed E-state index contributed by atoms with van der Waals surface area (Å²) in [5.41, 5.74) is 1.61. The molecule has 0 unspecified atom stereocenters. The van der Waals surface area contributed by atoms with E-state index in [0.29, 0.717) is 23.6 Å². The molecule has 1 saturated heterocycles. The fourth-order valence-corrected chi connectivity index (χ4v) is 3.52. The highest BCUT2D eigenvalue weighted by atomic mass is 16.5. The molecule has 3 rings (SSSR count). The summed E-state index contributed by atoms with van der Waals surface area (Å²) >= 11 is 0. The molecule has 0 saturated carbocycles. The molecule has 1 N–H and O–H groups in total. The van der Waals surface area contributed by atoms with E-state index in [1.807, 2.05) is 18.2 Å². The summed E-state index contributed by atoms with van der Waals surface area (Å²) in [6.45, 7) is 5.12. The number of benzene rings is 2. The molecular weight excluding hydrogens is 370 g/mol. The molecule has 156 valence electrons. The Hall–Kier alpha value is -2.93. The summed E-state index contributed by atoms with van der Waals surface area (Å²) in [6, 6.07) is 13.3. The fraction of sp³-hybridized carbons (Fsp3) is 0.409. The Morgan fingerprint density at radius 1 is 0.931 bits per heavy atom. The molecule has 1 heterocycles. The number of nitrogens with one attached hydrogen (secondary N) is 1. The summed E-state index contributed by atoms with van der Waals surface area (Å²) in [5.74, 6) is 1.91. The lowest BCUT2D eigenvalue weighted by atomic mass is 10.1. The maximum atomic E-state index is 12.6. The van der Waals surface area contributed by atoms with E-state index in [9.17, 15) is 4.79 Å². The van der Waals surface area contributed by atoms with Gasteiger partial charge in [0.1, 0.15) is 17.2 Å². The fourth-order valence-electron chi connectivity index (χ4n) is 3.52. The van der Waals surface area contributed by atoms with Crippen LogP contribution in [0.1, 0.15) is 10.4 Å². The molecule has 0 aliphatic carbocycles. The van der Waals surface area contributed by atoms with Crippen molar-refractivity contribution in [3.8, 4) is 17.2 Å². The van der Waals surface area contributed by atoms with E-state index in [1.165, 1.54) is 0 Å². The smallest absolute Gasteiger partial charge is 0.255 e. The summed E-state index contributed by atoms with van der Waals surface area (Å²) < 4.78 is 16.0. The standard InChI is InChI=1S/C22H29N3O4/c1-27-17-8-9-20(28-2)18(16-17)22(26)23-10-11-24-12-14-25(15-13-24)19-6-4-5-7-21(19)29-3/h4-9,16H,10-15H2,1-3H3,(H,23,26). The van der Waals surface area contributed by atoms with Gasteiger partial charge in [0.05, 0.1) is 32.6 Å². The Bertz CT molecular complexity index is 819. The number of carbonyl (C=O) groups excluding carboxylic acids is 1. The second kappa shape index (κ2) is 10.0. The third kappa shape index (κ3) is 5.12. The minimum absolute atomic E-state index is 0.159. The molecule has 1 fully saturated rings. The van der Waals surface area contributed by atoms with Gasteiger partial charge in [-0.15, -0.1) is 0 Å². The van der Waals surface area contributed by atoms with Crippen LogP contribution in [0.3, 0.4) is 0 Å². The Kier molecular flexibility index (Phi) is 7.19. The van der Waals surface area contributed by atoms with Crippen LogP contribution in [0.2, 0.25) is 0 Å². The number of methoxy groups -OCH3 is 3. The number of hydrogen-bond acceptors (Lipinski definition) is 6. The molecule has 0 radical (unpaired) electrons. The molecule has 0 atom stereocenters. The number of anilines is 1. The highest BCUT2D eigenvalue weighted by Crippen LogP contribution is 2.28. The zero-order chi connectivity index (χ0) is 20.6. The van der Waals surface area contributed by atoms with Crippen LogP contribution < -0.4 is 24.4 Å². The Morgan fingerprint density at radius 2 is 1.66 bits per heavy atom. The van der Waals surface area contributed by atoms with Crippen molar-refractivity contribution in [2.45, 2.75) is 0 Å². The normalized spacial score (nSPS) is 14.4. The summed E-state index contributed by atoms with van der Waals surface area (Å²) in [6.07, 6.45) is 0. The molecule has 1 aliphatic heterocycles. The molecule has 2 aromatic rings. The number of carbonyl (C=O) groups is 1. The number of rotatable bonds is 8. The van der Waals surface area contributed by atoms with Crippen LogP contribution in [0.5, 0.6) is 17.2 Å².